The maximum Gasteiger partial charge on any atom is 0.407 e. The van der Waals surface area contributed by atoms with Crippen LogP contribution in [0.4, 0.5) is 14.4 Å². The molecule has 29 nitrogen and oxygen atoms in total. The van der Waals surface area contributed by atoms with Crippen molar-refractivity contribution in [3.63, 3.8) is 0 Å². The number of nitrogens with two attached hydrogens (primary N) is 3. The Hall–Kier alpha value is -7.20. The Morgan fingerprint density at radius 1 is 0.561 bits per heavy atom. The number of alkyl carbamates (subject to hydrolysis) is 3. The first-order valence-corrected chi connectivity index (χ1v) is 28.1. The van der Waals surface area contributed by atoms with Crippen LogP contribution in [0.5, 0.6) is 0 Å². The summed E-state index contributed by atoms with van der Waals surface area (Å²) in [7, 11) is 0. The van der Waals surface area contributed by atoms with Gasteiger partial charge in [0.2, 0.25) is 41.4 Å². The van der Waals surface area contributed by atoms with Gasteiger partial charge in [-0.3, -0.25) is 38.6 Å². The molecule has 1 saturated heterocycles. The van der Waals surface area contributed by atoms with E-state index in [4.69, 9.17) is 31.4 Å². The number of rotatable bonds is 34. The monoisotopic (exact) mass is 1170 g/mol. The van der Waals surface area contributed by atoms with Crippen LogP contribution in [-0.4, -0.2) is 180 Å². The van der Waals surface area contributed by atoms with Crippen molar-refractivity contribution in [3.8, 4) is 0 Å². The van der Waals surface area contributed by atoms with Crippen molar-refractivity contribution in [2.45, 2.75) is 213 Å². The topological polar surface area (TPSA) is 438 Å². The standard InChI is InChI=1S/C53H96N14O15/c1-32(2)40(66-43(72)37-24-19-29-67(37)45(74)35(63-38(68)30-54)22-14-17-27-60-50(79)82-53(9,10)11)44(73)61-31-39(69)62-33(20-12-15-25-58-48(77)80-51(3,4)5)41(70)64-34(21-13-16-26-59-49(78)81-52(6,7)8)42(71)65-36(46(75)76)23-18-28-57-47(55)56/h32-37,40H,12-31,54H2,1-11H3,(H,58,77)(H,59,78)(H,60,79)(H,61,73)(H,62,69)(H,63,68)(H,64,70)(H,65,71)(H,66,72)(H,75,76)(H4,55,56,57)/t33-,34-,35-,36-,37-,40-/m0/s1. The van der Waals surface area contributed by atoms with Crippen molar-refractivity contribution in [3.05, 3.63) is 0 Å². The van der Waals surface area contributed by atoms with Crippen molar-refractivity contribution in [1.29, 1.82) is 0 Å². The number of carboxylic acids is 1. The largest absolute Gasteiger partial charge is 0.480 e. The number of ether oxygens (including phenoxy) is 3. The number of guanidine groups is 1. The van der Waals surface area contributed by atoms with Crippen molar-refractivity contribution in [2.75, 3.05) is 45.8 Å². The van der Waals surface area contributed by atoms with E-state index in [9.17, 15) is 57.8 Å². The average molecular weight is 1170 g/mol. The first-order valence-electron chi connectivity index (χ1n) is 28.1. The fourth-order valence-electron chi connectivity index (χ4n) is 8.10. The van der Waals surface area contributed by atoms with Crippen LogP contribution < -0.4 is 65.1 Å². The van der Waals surface area contributed by atoms with E-state index in [2.05, 4.69) is 52.8 Å². The van der Waals surface area contributed by atoms with Crippen molar-refractivity contribution in [2.24, 2.45) is 28.1 Å². The summed E-state index contributed by atoms with van der Waals surface area (Å²) in [6.45, 7) is 18.4. The van der Waals surface area contributed by atoms with Gasteiger partial charge >= 0.3 is 24.2 Å². The quantitative estimate of drug-likeness (QED) is 0.0179. The van der Waals surface area contributed by atoms with E-state index in [-0.39, 0.29) is 96.6 Å². The number of likely N-dealkylation sites (tertiary alicyclic amines) is 1. The number of aliphatic carboxylic acids is 1. The third-order valence-electron chi connectivity index (χ3n) is 11.9. The molecule has 1 aliphatic rings. The van der Waals surface area contributed by atoms with Crippen LogP contribution in [0.2, 0.25) is 0 Å². The zero-order chi connectivity index (χ0) is 62.4. The molecule has 1 aliphatic heterocycles. The highest BCUT2D eigenvalue weighted by Crippen LogP contribution is 2.21. The number of hydrogen-bond acceptors (Lipinski definition) is 16. The third kappa shape index (κ3) is 32.3. The Morgan fingerprint density at radius 3 is 1.41 bits per heavy atom. The SMILES string of the molecule is CC(C)[C@H](NC(=O)[C@@H]1CCCN1C(=O)[C@H](CCCCNC(=O)OC(C)(C)C)NC(=O)CN)C(=O)NCC(=O)N[C@@H](CCCCNC(=O)OC(C)(C)C)C(=O)N[C@@H](CCCCNC(=O)OC(C)(C)C)C(=O)N[C@@H](CCCN=C(N)N)C(=O)O. The number of aliphatic imine (C=N–C) groups is 1. The molecule has 468 valence electrons. The summed E-state index contributed by atoms with van der Waals surface area (Å²) in [6, 6.07) is -7.36. The van der Waals surface area contributed by atoms with E-state index in [1.807, 2.05) is 0 Å². The van der Waals surface area contributed by atoms with Crippen molar-refractivity contribution in [1.82, 2.24) is 52.8 Å². The predicted molar refractivity (Wildman–Crippen MR) is 303 cm³/mol. The Bertz CT molecular complexity index is 2160. The van der Waals surface area contributed by atoms with E-state index in [1.54, 1.807) is 76.2 Å². The smallest absolute Gasteiger partial charge is 0.407 e. The van der Waals surface area contributed by atoms with Crippen LogP contribution in [0.1, 0.15) is 160 Å². The minimum atomic E-state index is -1.41. The van der Waals surface area contributed by atoms with E-state index < -0.39 is 131 Å². The zero-order valence-electron chi connectivity index (χ0n) is 50.0. The van der Waals surface area contributed by atoms with Gasteiger partial charge in [0.1, 0.15) is 53.1 Å². The molecule has 0 aromatic carbocycles. The van der Waals surface area contributed by atoms with Crippen LogP contribution in [0.25, 0.3) is 0 Å². The maximum atomic E-state index is 14.2. The van der Waals surface area contributed by atoms with E-state index in [0.717, 1.165) is 0 Å². The van der Waals surface area contributed by atoms with Gasteiger partial charge in [0, 0.05) is 32.7 Å². The molecule has 0 bridgehead atoms. The lowest BCUT2D eigenvalue weighted by Gasteiger charge is -2.30. The number of unbranched alkanes of at least 4 members (excludes halogenated alkanes) is 3. The summed E-state index contributed by atoms with van der Waals surface area (Å²) in [5.41, 5.74) is 14.1. The first kappa shape index (κ1) is 72.8. The molecule has 10 amide bonds. The zero-order valence-corrected chi connectivity index (χ0v) is 50.0. The van der Waals surface area contributed by atoms with Gasteiger partial charge in [-0.05, 0) is 152 Å². The minimum Gasteiger partial charge on any atom is -0.480 e. The fraction of sp³-hybridized carbons (Fsp3) is 0.774. The lowest BCUT2D eigenvalue weighted by molar-refractivity contribution is -0.142. The molecule has 29 heteroatoms. The second-order valence-corrected chi connectivity index (χ2v) is 23.3. The van der Waals surface area contributed by atoms with Crippen LogP contribution in [-0.2, 0) is 52.6 Å². The van der Waals surface area contributed by atoms with Gasteiger partial charge in [-0.25, -0.2) is 19.2 Å². The number of nitrogens with zero attached hydrogens (tertiary/aromatic N) is 2. The number of nitrogens with one attached hydrogen (secondary N) is 9. The summed E-state index contributed by atoms with van der Waals surface area (Å²) in [4.78, 5) is 150. The lowest BCUT2D eigenvalue weighted by Crippen LogP contribution is -2.58. The molecule has 1 fully saturated rings. The van der Waals surface area contributed by atoms with Crippen LogP contribution in [0, 0.1) is 5.92 Å². The van der Waals surface area contributed by atoms with Gasteiger partial charge in [0.05, 0.1) is 13.1 Å². The normalized spacial score (nSPS) is 15.2. The molecule has 16 N–H and O–H groups in total. The summed E-state index contributed by atoms with van der Waals surface area (Å²) in [6.07, 6.45) is 0.899. The lowest BCUT2D eigenvalue weighted by atomic mass is 10.0. The molecule has 82 heavy (non-hydrogen) atoms. The number of carbonyl (C=O) groups is 11. The second-order valence-electron chi connectivity index (χ2n) is 23.3. The van der Waals surface area contributed by atoms with Crippen LogP contribution >= 0.6 is 0 Å². The van der Waals surface area contributed by atoms with Crippen molar-refractivity contribution < 1.29 is 72.1 Å². The van der Waals surface area contributed by atoms with Crippen LogP contribution in [0.15, 0.2) is 4.99 Å². The maximum absolute atomic E-state index is 14.2. The molecule has 1 rings (SSSR count). The van der Waals surface area contributed by atoms with Gasteiger partial charge in [0.25, 0.3) is 0 Å². The van der Waals surface area contributed by atoms with Gasteiger partial charge in [0.15, 0.2) is 5.96 Å². The predicted octanol–water partition coefficient (Wildman–Crippen LogP) is 0.355. The Kier molecular flexibility index (Phi) is 32.2. The average Bonchev–Trinajstić information content (AvgIpc) is 4.01. The highest BCUT2D eigenvalue weighted by atomic mass is 16.6. The van der Waals surface area contributed by atoms with Gasteiger partial charge in [-0.1, -0.05) is 13.8 Å². The summed E-state index contributed by atoms with van der Waals surface area (Å²) in [5.74, 6) is -7.15. The van der Waals surface area contributed by atoms with E-state index in [0.29, 0.717) is 32.1 Å². The number of hydrogen-bond donors (Lipinski definition) is 13. The molecule has 0 unspecified atom stereocenters. The summed E-state index contributed by atoms with van der Waals surface area (Å²) < 4.78 is 15.8. The van der Waals surface area contributed by atoms with Gasteiger partial charge in [-0.2, -0.15) is 0 Å². The highest BCUT2D eigenvalue weighted by Gasteiger charge is 2.39. The van der Waals surface area contributed by atoms with Crippen molar-refractivity contribution >= 4 is 71.6 Å². The fourth-order valence-corrected chi connectivity index (χ4v) is 8.10. The second kappa shape index (κ2) is 36.3. The van der Waals surface area contributed by atoms with Crippen LogP contribution in [0.3, 0.4) is 0 Å². The molecular formula is C53H96N14O15. The summed E-state index contributed by atoms with van der Waals surface area (Å²) in [5, 5.41) is 33.4. The Labute approximate surface area is 481 Å². The van der Waals surface area contributed by atoms with Gasteiger partial charge in [-0.15, -0.1) is 0 Å². The molecule has 0 saturated carbocycles. The van der Waals surface area contributed by atoms with E-state index in [1.165, 1.54) is 4.90 Å². The molecule has 1 heterocycles. The molecule has 0 aromatic heterocycles. The molecule has 0 aromatic rings. The third-order valence-corrected chi connectivity index (χ3v) is 11.9. The molecular weight excluding hydrogens is 1070 g/mol. The number of amides is 10. The summed E-state index contributed by atoms with van der Waals surface area (Å²) >= 11 is 0. The number of carbonyl (C=O) groups excluding carboxylic acids is 10. The molecule has 0 spiro atoms. The Balaban J connectivity index is 3.30. The first-order chi connectivity index (χ1) is 38.1. The number of carboxylic acid groups (broad SMARTS) is 1. The van der Waals surface area contributed by atoms with Gasteiger partial charge < -0.3 is 89.3 Å². The minimum absolute atomic E-state index is 0.0401. The molecule has 6 atom stereocenters. The Morgan fingerprint density at radius 2 is 0.988 bits per heavy atom. The molecule has 0 radical (unpaired) electrons. The highest BCUT2D eigenvalue weighted by molar-refractivity contribution is 5.97. The molecule has 0 aliphatic carbocycles. The van der Waals surface area contributed by atoms with E-state index >= 15 is 0 Å².